The molecule has 1 saturated heterocycles. The fraction of sp³-hybridized carbons (Fsp3) is 0.938. The molecule has 0 aromatic carbocycles. The van der Waals surface area contributed by atoms with Crippen molar-refractivity contribution in [1.82, 2.24) is 9.80 Å². The summed E-state index contributed by atoms with van der Waals surface area (Å²) in [5.74, 6) is 0.342. The molecule has 0 atom stereocenters. The lowest BCUT2D eigenvalue weighted by Gasteiger charge is -2.46. The van der Waals surface area contributed by atoms with Gasteiger partial charge >= 0.3 is 0 Å². The standard InChI is InChI=1S/C16H30N2O2/c1-4-14(5-2)17-9-11-18(12-10-17)15(19)16(13-20-3)7-6-8-16/h14H,4-13H2,1-3H3. The maximum atomic E-state index is 12.7. The molecule has 116 valence electrons. The van der Waals surface area contributed by atoms with Crippen LogP contribution in [0.3, 0.4) is 0 Å². The number of carbonyl (C=O) groups is 1. The van der Waals surface area contributed by atoms with E-state index in [1.54, 1.807) is 7.11 Å². The first kappa shape index (κ1) is 15.8. The van der Waals surface area contributed by atoms with E-state index >= 15 is 0 Å². The average Bonchev–Trinajstić information content (AvgIpc) is 2.44. The Bertz CT molecular complexity index is 316. The summed E-state index contributed by atoms with van der Waals surface area (Å²) < 4.78 is 5.30. The molecule has 1 aliphatic heterocycles. The highest BCUT2D eigenvalue weighted by molar-refractivity contribution is 5.84. The highest BCUT2D eigenvalue weighted by Crippen LogP contribution is 2.42. The van der Waals surface area contributed by atoms with Crippen molar-refractivity contribution >= 4 is 5.91 Å². The van der Waals surface area contributed by atoms with Gasteiger partial charge in [-0.3, -0.25) is 9.69 Å². The second kappa shape index (κ2) is 6.90. The van der Waals surface area contributed by atoms with Gasteiger partial charge in [0.15, 0.2) is 0 Å². The molecule has 0 aromatic heterocycles. The van der Waals surface area contributed by atoms with Crippen molar-refractivity contribution in [3.8, 4) is 0 Å². The van der Waals surface area contributed by atoms with Crippen molar-refractivity contribution in [2.45, 2.75) is 52.0 Å². The number of ether oxygens (including phenoxy) is 1. The Morgan fingerprint density at radius 2 is 1.75 bits per heavy atom. The molecule has 4 heteroatoms. The number of nitrogens with zero attached hydrogens (tertiary/aromatic N) is 2. The van der Waals surface area contributed by atoms with Crippen LogP contribution in [-0.2, 0) is 9.53 Å². The molecular formula is C16H30N2O2. The summed E-state index contributed by atoms with van der Waals surface area (Å²) in [6, 6.07) is 0.684. The van der Waals surface area contributed by atoms with Crippen LogP contribution in [0.15, 0.2) is 0 Å². The summed E-state index contributed by atoms with van der Waals surface area (Å²) in [5, 5.41) is 0. The largest absolute Gasteiger partial charge is 0.384 e. The van der Waals surface area contributed by atoms with E-state index in [9.17, 15) is 4.79 Å². The van der Waals surface area contributed by atoms with Gasteiger partial charge in [0.1, 0.15) is 0 Å². The third kappa shape index (κ3) is 3.01. The van der Waals surface area contributed by atoms with Gasteiger partial charge in [0.2, 0.25) is 5.91 Å². The molecule has 0 aromatic rings. The van der Waals surface area contributed by atoms with E-state index in [1.165, 1.54) is 19.3 Å². The lowest BCUT2D eigenvalue weighted by molar-refractivity contribution is -0.154. The number of hydrogen-bond donors (Lipinski definition) is 0. The average molecular weight is 282 g/mol. The first-order valence-electron chi connectivity index (χ1n) is 8.19. The molecular weight excluding hydrogens is 252 g/mol. The van der Waals surface area contributed by atoms with Crippen molar-refractivity contribution in [2.24, 2.45) is 5.41 Å². The SMILES string of the molecule is CCC(CC)N1CCN(C(=O)C2(COC)CCC2)CC1. The van der Waals surface area contributed by atoms with Crippen LogP contribution in [-0.4, -0.2) is 61.6 Å². The van der Waals surface area contributed by atoms with E-state index in [2.05, 4.69) is 23.6 Å². The molecule has 0 bridgehead atoms. The molecule has 0 N–H and O–H groups in total. The van der Waals surface area contributed by atoms with Gasteiger partial charge in [-0.15, -0.1) is 0 Å². The fourth-order valence-corrected chi connectivity index (χ4v) is 3.73. The Balaban J connectivity index is 1.88. The molecule has 1 heterocycles. The molecule has 2 rings (SSSR count). The maximum Gasteiger partial charge on any atom is 0.231 e. The number of amides is 1. The summed E-state index contributed by atoms with van der Waals surface area (Å²) >= 11 is 0. The van der Waals surface area contributed by atoms with E-state index in [4.69, 9.17) is 4.74 Å². The van der Waals surface area contributed by atoms with E-state index in [1.807, 2.05) is 0 Å². The Labute approximate surface area is 123 Å². The van der Waals surface area contributed by atoms with E-state index in [-0.39, 0.29) is 5.41 Å². The molecule has 2 aliphatic rings. The predicted molar refractivity (Wildman–Crippen MR) is 80.7 cm³/mol. The molecule has 0 unspecified atom stereocenters. The van der Waals surface area contributed by atoms with Gasteiger partial charge in [-0.25, -0.2) is 0 Å². The van der Waals surface area contributed by atoms with E-state index in [0.717, 1.165) is 39.0 Å². The van der Waals surface area contributed by atoms with Crippen LogP contribution >= 0.6 is 0 Å². The van der Waals surface area contributed by atoms with Gasteiger partial charge in [0.25, 0.3) is 0 Å². The summed E-state index contributed by atoms with van der Waals surface area (Å²) in [4.78, 5) is 17.4. The van der Waals surface area contributed by atoms with Gasteiger partial charge in [0.05, 0.1) is 12.0 Å². The zero-order valence-electron chi connectivity index (χ0n) is 13.4. The van der Waals surface area contributed by atoms with Gasteiger partial charge < -0.3 is 9.64 Å². The third-order valence-corrected chi connectivity index (χ3v) is 5.25. The van der Waals surface area contributed by atoms with Crippen LogP contribution < -0.4 is 0 Å². The van der Waals surface area contributed by atoms with E-state index in [0.29, 0.717) is 18.6 Å². The molecule has 2 fully saturated rings. The number of hydrogen-bond acceptors (Lipinski definition) is 3. The van der Waals surface area contributed by atoms with Crippen molar-refractivity contribution < 1.29 is 9.53 Å². The van der Waals surface area contributed by atoms with Gasteiger partial charge in [0, 0.05) is 39.3 Å². The Morgan fingerprint density at radius 1 is 1.15 bits per heavy atom. The minimum Gasteiger partial charge on any atom is -0.384 e. The topological polar surface area (TPSA) is 32.8 Å². The second-order valence-corrected chi connectivity index (χ2v) is 6.37. The Morgan fingerprint density at radius 3 is 2.15 bits per heavy atom. The molecule has 0 radical (unpaired) electrons. The molecule has 0 spiro atoms. The Hall–Kier alpha value is -0.610. The maximum absolute atomic E-state index is 12.7. The predicted octanol–water partition coefficient (Wildman–Crippen LogP) is 2.14. The van der Waals surface area contributed by atoms with Crippen molar-refractivity contribution in [2.75, 3.05) is 39.9 Å². The summed E-state index contributed by atoms with van der Waals surface area (Å²) in [6.07, 6.45) is 5.60. The Kier molecular flexibility index (Phi) is 5.44. The highest BCUT2D eigenvalue weighted by atomic mass is 16.5. The normalized spacial score (nSPS) is 22.9. The van der Waals surface area contributed by atoms with E-state index < -0.39 is 0 Å². The van der Waals surface area contributed by atoms with Crippen LogP contribution in [0.4, 0.5) is 0 Å². The number of methoxy groups -OCH3 is 1. The van der Waals surface area contributed by atoms with Gasteiger partial charge in [-0.1, -0.05) is 20.3 Å². The van der Waals surface area contributed by atoms with Crippen LogP contribution in [0, 0.1) is 5.41 Å². The van der Waals surface area contributed by atoms with Crippen LogP contribution in [0.2, 0.25) is 0 Å². The lowest BCUT2D eigenvalue weighted by atomic mass is 9.68. The van der Waals surface area contributed by atoms with Crippen molar-refractivity contribution in [3.63, 3.8) is 0 Å². The number of rotatable bonds is 6. The summed E-state index contributed by atoms with van der Waals surface area (Å²) in [6.45, 7) is 8.95. The zero-order chi connectivity index (χ0) is 14.6. The number of carbonyl (C=O) groups excluding carboxylic acids is 1. The van der Waals surface area contributed by atoms with Crippen LogP contribution in [0.5, 0.6) is 0 Å². The van der Waals surface area contributed by atoms with Gasteiger partial charge in [-0.2, -0.15) is 0 Å². The highest BCUT2D eigenvalue weighted by Gasteiger charge is 2.46. The number of piperazine rings is 1. The minimum atomic E-state index is -0.189. The smallest absolute Gasteiger partial charge is 0.231 e. The molecule has 1 saturated carbocycles. The second-order valence-electron chi connectivity index (χ2n) is 6.37. The fourth-order valence-electron chi connectivity index (χ4n) is 3.73. The van der Waals surface area contributed by atoms with Crippen LogP contribution in [0.1, 0.15) is 46.0 Å². The van der Waals surface area contributed by atoms with Gasteiger partial charge in [-0.05, 0) is 25.7 Å². The molecule has 4 nitrogen and oxygen atoms in total. The third-order valence-electron chi connectivity index (χ3n) is 5.25. The molecule has 1 amide bonds. The minimum absolute atomic E-state index is 0.189. The summed E-state index contributed by atoms with van der Waals surface area (Å²) in [7, 11) is 1.71. The monoisotopic (exact) mass is 282 g/mol. The zero-order valence-corrected chi connectivity index (χ0v) is 13.4. The van der Waals surface area contributed by atoms with Crippen LogP contribution in [0.25, 0.3) is 0 Å². The first-order chi connectivity index (χ1) is 9.66. The first-order valence-corrected chi connectivity index (χ1v) is 8.19. The lowest BCUT2D eigenvalue weighted by Crippen LogP contribution is -2.57. The molecule has 20 heavy (non-hydrogen) atoms. The van der Waals surface area contributed by atoms with Crippen molar-refractivity contribution in [3.05, 3.63) is 0 Å². The quantitative estimate of drug-likeness (QED) is 0.748. The summed E-state index contributed by atoms with van der Waals surface area (Å²) in [5.41, 5.74) is -0.189. The molecule has 1 aliphatic carbocycles. The van der Waals surface area contributed by atoms with Crippen molar-refractivity contribution in [1.29, 1.82) is 0 Å².